The predicted octanol–water partition coefficient (Wildman–Crippen LogP) is 1.28. The van der Waals surface area contributed by atoms with Gasteiger partial charge in [-0.3, -0.25) is 4.79 Å². The summed E-state index contributed by atoms with van der Waals surface area (Å²) in [6.07, 6.45) is -0.296. The van der Waals surface area contributed by atoms with Crippen LogP contribution >= 0.6 is 0 Å². The molecule has 0 saturated heterocycles. The summed E-state index contributed by atoms with van der Waals surface area (Å²) in [5.41, 5.74) is 0. The molecule has 2 aromatic rings. The molecule has 0 unspecified atom stereocenters. The minimum atomic E-state index is -1.02. The van der Waals surface area contributed by atoms with Gasteiger partial charge in [-0.05, 0) is 24.3 Å². The highest BCUT2D eigenvalue weighted by atomic mass is 16.5. The molecule has 7 heteroatoms. The quantitative estimate of drug-likeness (QED) is 0.839. The second kappa shape index (κ2) is 5.85. The number of hydrogen-bond acceptors (Lipinski definition) is 6. The van der Waals surface area contributed by atoms with Gasteiger partial charge >= 0.3 is 5.97 Å². The molecule has 2 rings (SSSR count). The number of benzene rings is 1. The second-order valence-electron chi connectivity index (χ2n) is 3.64. The summed E-state index contributed by atoms with van der Waals surface area (Å²) < 4.78 is 15.2. The van der Waals surface area contributed by atoms with Gasteiger partial charge in [-0.1, -0.05) is 5.16 Å². The number of nitrogens with zero attached hydrogens (tertiary/aromatic N) is 2. The van der Waals surface area contributed by atoms with E-state index >= 15 is 0 Å². The van der Waals surface area contributed by atoms with Crippen molar-refractivity contribution in [3.63, 3.8) is 0 Å². The summed E-state index contributed by atoms with van der Waals surface area (Å²) in [6.45, 7) is 0.107. The molecule has 1 N–H and O–H groups in total. The SMILES string of the molecule is COc1ccc(OCc2noc(CC(=O)O)n2)cc1. The summed E-state index contributed by atoms with van der Waals surface area (Å²) >= 11 is 0. The number of aromatic nitrogens is 2. The highest BCUT2D eigenvalue weighted by Gasteiger charge is 2.10. The Bertz CT molecular complexity index is 550. The zero-order valence-corrected chi connectivity index (χ0v) is 10.2. The van der Waals surface area contributed by atoms with Crippen molar-refractivity contribution in [1.29, 1.82) is 0 Å². The van der Waals surface area contributed by atoms with Gasteiger partial charge in [0.25, 0.3) is 0 Å². The van der Waals surface area contributed by atoms with E-state index in [0.29, 0.717) is 11.6 Å². The van der Waals surface area contributed by atoms with E-state index in [-0.39, 0.29) is 18.9 Å². The summed E-state index contributed by atoms with van der Waals surface area (Å²) in [7, 11) is 1.58. The van der Waals surface area contributed by atoms with Gasteiger partial charge in [0, 0.05) is 0 Å². The molecule has 100 valence electrons. The second-order valence-corrected chi connectivity index (χ2v) is 3.64. The fourth-order valence-corrected chi connectivity index (χ4v) is 1.37. The van der Waals surface area contributed by atoms with Crippen LogP contribution in [-0.2, 0) is 17.8 Å². The molecule has 0 spiro atoms. The first-order valence-electron chi connectivity index (χ1n) is 5.47. The number of ether oxygens (including phenoxy) is 2. The molecule has 0 bridgehead atoms. The fourth-order valence-electron chi connectivity index (χ4n) is 1.37. The van der Waals surface area contributed by atoms with E-state index in [1.165, 1.54) is 0 Å². The average Bonchev–Trinajstić information content (AvgIpc) is 2.84. The van der Waals surface area contributed by atoms with Crippen LogP contribution in [0, 0.1) is 0 Å². The predicted molar refractivity (Wildman–Crippen MR) is 63.0 cm³/mol. The maximum Gasteiger partial charge on any atom is 0.312 e. The van der Waals surface area contributed by atoms with Crippen LogP contribution in [0.3, 0.4) is 0 Å². The van der Waals surface area contributed by atoms with Gasteiger partial charge in [0.2, 0.25) is 11.7 Å². The van der Waals surface area contributed by atoms with Gasteiger partial charge in [0.15, 0.2) is 6.61 Å². The Kier molecular flexibility index (Phi) is 3.97. The van der Waals surface area contributed by atoms with Crippen molar-refractivity contribution in [2.45, 2.75) is 13.0 Å². The van der Waals surface area contributed by atoms with E-state index in [0.717, 1.165) is 5.75 Å². The van der Waals surface area contributed by atoms with Crippen LogP contribution in [0.4, 0.5) is 0 Å². The minimum absolute atomic E-state index is 0.0563. The fraction of sp³-hybridized carbons (Fsp3) is 0.250. The Morgan fingerprint density at radius 1 is 1.32 bits per heavy atom. The van der Waals surface area contributed by atoms with Gasteiger partial charge in [-0.2, -0.15) is 4.98 Å². The molecule has 7 nitrogen and oxygen atoms in total. The van der Waals surface area contributed by atoms with Crippen LogP contribution in [0.15, 0.2) is 28.8 Å². The van der Waals surface area contributed by atoms with Gasteiger partial charge in [-0.15, -0.1) is 0 Å². The van der Waals surface area contributed by atoms with Crippen LogP contribution in [-0.4, -0.2) is 28.3 Å². The first kappa shape index (κ1) is 12.9. The number of aliphatic carboxylic acids is 1. The van der Waals surface area contributed by atoms with Crippen molar-refractivity contribution < 1.29 is 23.9 Å². The van der Waals surface area contributed by atoms with Crippen LogP contribution in [0.5, 0.6) is 11.5 Å². The normalized spacial score (nSPS) is 10.2. The molecule has 19 heavy (non-hydrogen) atoms. The first-order valence-corrected chi connectivity index (χ1v) is 5.47. The van der Waals surface area contributed by atoms with Gasteiger partial charge in [0.05, 0.1) is 7.11 Å². The number of carboxylic acids is 1. The Morgan fingerprint density at radius 2 is 2.00 bits per heavy atom. The molecule has 0 aliphatic heterocycles. The zero-order valence-electron chi connectivity index (χ0n) is 10.2. The number of methoxy groups -OCH3 is 1. The molecular weight excluding hydrogens is 252 g/mol. The maximum absolute atomic E-state index is 10.4. The molecule has 0 atom stereocenters. The largest absolute Gasteiger partial charge is 0.497 e. The van der Waals surface area contributed by atoms with E-state index in [1.807, 2.05) is 0 Å². The van der Waals surface area contributed by atoms with Crippen LogP contribution in [0.2, 0.25) is 0 Å². The van der Waals surface area contributed by atoms with Gasteiger partial charge < -0.3 is 19.1 Å². The summed E-state index contributed by atoms with van der Waals surface area (Å²) in [6, 6.07) is 7.02. The Hall–Kier alpha value is -2.57. The molecule has 0 fully saturated rings. The topological polar surface area (TPSA) is 94.7 Å². The lowest BCUT2D eigenvalue weighted by molar-refractivity contribution is -0.136. The van der Waals surface area contributed by atoms with E-state index in [4.69, 9.17) is 19.1 Å². The molecule has 1 aromatic heterocycles. The molecule has 0 saturated carbocycles. The van der Waals surface area contributed by atoms with Crippen molar-refractivity contribution in [2.24, 2.45) is 0 Å². The third-order valence-electron chi connectivity index (χ3n) is 2.24. The standard InChI is InChI=1S/C12H12N2O5/c1-17-8-2-4-9(5-3-8)18-7-10-13-11(19-14-10)6-12(15)16/h2-5H,6-7H2,1H3,(H,15,16). The minimum Gasteiger partial charge on any atom is -0.497 e. The van der Waals surface area contributed by atoms with Gasteiger partial charge in [-0.25, -0.2) is 0 Å². The number of carboxylic acid groups (broad SMARTS) is 1. The summed E-state index contributed by atoms with van der Waals surface area (Å²) in [5.74, 6) is 0.695. The van der Waals surface area contributed by atoms with Crippen molar-refractivity contribution in [3.8, 4) is 11.5 Å². The first-order chi connectivity index (χ1) is 9.17. The summed E-state index contributed by atoms with van der Waals surface area (Å²) in [5, 5.41) is 12.2. The maximum atomic E-state index is 10.4. The third kappa shape index (κ3) is 3.70. The lowest BCUT2D eigenvalue weighted by atomic mass is 10.3. The molecule has 1 aromatic carbocycles. The smallest absolute Gasteiger partial charge is 0.312 e. The molecule has 0 aliphatic rings. The van der Waals surface area contributed by atoms with Crippen LogP contribution in [0.25, 0.3) is 0 Å². The van der Waals surface area contributed by atoms with E-state index in [1.54, 1.807) is 31.4 Å². The van der Waals surface area contributed by atoms with Crippen molar-refractivity contribution in [3.05, 3.63) is 36.0 Å². The zero-order chi connectivity index (χ0) is 13.7. The Labute approximate surface area is 108 Å². The molecule has 0 amide bonds. The van der Waals surface area contributed by atoms with Crippen LogP contribution < -0.4 is 9.47 Å². The lowest BCUT2D eigenvalue weighted by Gasteiger charge is -2.04. The summed E-state index contributed by atoms with van der Waals surface area (Å²) in [4.78, 5) is 14.3. The number of rotatable bonds is 6. The average molecular weight is 264 g/mol. The number of carbonyl (C=O) groups is 1. The molecule has 0 radical (unpaired) electrons. The highest BCUT2D eigenvalue weighted by Crippen LogP contribution is 2.17. The molecule has 1 heterocycles. The lowest BCUT2D eigenvalue weighted by Crippen LogP contribution is -2.01. The van der Waals surface area contributed by atoms with Gasteiger partial charge in [0.1, 0.15) is 17.9 Å². The van der Waals surface area contributed by atoms with E-state index in [2.05, 4.69) is 10.1 Å². The van der Waals surface area contributed by atoms with Crippen LogP contribution in [0.1, 0.15) is 11.7 Å². The molecule has 0 aliphatic carbocycles. The Balaban J connectivity index is 1.90. The third-order valence-corrected chi connectivity index (χ3v) is 2.24. The van der Waals surface area contributed by atoms with Crippen molar-refractivity contribution in [1.82, 2.24) is 10.1 Å². The van der Waals surface area contributed by atoms with Crippen molar-refractivity contribution >= 4 is 5.97 Å². The Morgan fingerprint density at radius 3 is 2.63 bits per heavy atom. The van der Waals surface area contributed by atoms with Crippen molar-refractivity contribution in [2.75, 3.05) is 7.11 Å². The highest BCUT2D eigenvalue weighted by molar-refractivity contribution is 5.68. The van der Waals surface area contributed by atoms with E-state index in [9.17, 15) is 4.79 Å². The van der Waals surface area contributed by atoms with E-state index < -0.39 is 5.97 Å². The number of hydrogen-bond donors (Lipinski definition) is 1. The molecular formula is C12H12N2O5. The monoisotopic (exact) mass is 264 g/mol.